The van der Waals surface area contributed by atoms with Gasteiger partial charge in [0.05, 0.1) is 5.75 Å². The molecule has 2 atom stereocenters. The number of aliphatic carboxylic acids is 1. The minimum Gasteiger partial charge on any atom is -0.480 e. The Labute approximate surface area is 127 Å². The first kappa shape index (κ1) is 16.4. The van der Waals surface area contributed by atoms with E-state index in [1.165, 1.54) is 0 Å². The highest BCUT2D eigenvalue weighted by Gasteiger charge is 2.39. The molecule has 120 valence electrons. The van der Waals surface area contributed by atoms with E-state index in [0.717, 1.165) is 10.5 Å². The maximum Gasteiger partial charge on any atom is 0.326 e. The monoisotopic (exact) mass is 329 g/mol. The zero-order chi connectivity index (χ0) is 16.3. The molecule has 1 heterocycles. The van der Waals surface area contributed by atoms with Crippen LogP contribution in [-0.2, 0) is 26.2 Å². The van der Waals surface area contributed by atoms with E-state index < -0.39 is 39.8 Å². The number of carbonyl (C=O) groups is 2. The summed E-state index contributed by atoms with van der Waals surface area (Å²) in [6.07, 6.45) is -0.0290. The molecule has 1 amide bonds. The fourth-order valence-corrected chi connectivity index (χ4v) is 3.46. The molecule has 1 aliphatic rings. The van der Waals surface area contributed by atoms with Crippen LogP contribution in [0.4, 0.5) is 3.89 Å². The van der Waals surface area contributed by atoms with Crippen molar-refractivity contribution in [2.75, 3.05) is 12.3 Å². The van der Waals surface area contributed by atoms with Crippen LogP contribution in [0.5, 0.6) is 0 Å². The third-order valence-electron chi connectivity index (χ3n) is 3.61. The number of nitrogens with zero attached hydrogens (tertiary/aromatic N) is 1. The molecule has 0 spiro atoms. The Morgan fingerprint density at radius 3 is 2.55 bits per heavy atom. The molecule has 8 heteroatoms. The zero-order valence-corrected chi connectivity index (χ0v) is 12.5. The highest BCUT2D eigenvalue weighted by Crippen LogP contribution is 2.24. The summed E-state index contributed by atoms with van der Waals surface area (Å²) in [7, 11) is -4.69. The normalized spacial score (nSPS) is 20.1. The van der Waals surface area contributed by atoms with Gasteiger partial charge in [0.25, 0.3) is 0 Å². The van der Waals surface area contributed by atoms with Gasteiger partial charge in [0.1, 0.15) is 6.04 Å². The summed E-state index contributed by atoms with van der Waals surface area (Å²) < 4.78 is 34.1. The lowest BCUT2D eigenvalue weighted by Gasteiger charge is -2.24. The summed E-state index contributed by atoms with van der Waals surface area (Å²) >= 11 is 0. The number of halogens is 1. The van der Waals surface area contributed by atoms with E-state index in [0.29, 0.717) is 0 Å². The standard InChI is InChI=1S/C14H16FNO5S/c15-22(20,21)9-11-7-13(17)16(8-11)12(14(18)19)6-10-4-2-1-3-5-10/h1-5,11-12H,6-9H2,(H,18,19). The van der Waals surface area contributed by atoms with Crippen molar-refractivity contribution in [1.82, 2.24) is 4.90 Å². The van der Waals surface area contributed by atoms with E-state index in [4.69, 9.17) is 0 Å². The Morgan fingerprint density at radius 2 is 2.00 bits per heavy atom. The minimum atomic E-state index is -4.69. The quantitative estimate of drug-likeness (QED) is 0.781. The van der Waals surface area contributed by atoms with Crippen LogP contribution in [0.25, 0.3) is 0 Å². The van der Waals surface area contributed by atoms with Crippen molar-refractivity contribution in [2.24, 2.45) is 5.92 Å². The van der Waals surface area contributed by atoms with Crippen molar-refractivity contribution in [3.05, 3.63) is 35.9 Å². The van der Waals surface area contributed by atoms with E-state index >= 15 is 0 Å². The summed E-state index contributed by atoms with van der Waals surface area (Å²) in [6, 6.07) is 7.74. The van der Waals surface area contributed by atoms with Gasteiger partial charge in [-0.2, -0.15) is 8.42 Å². The second kappa shape index (κ2) is 6.43. The van der Waals surface area contributed by atoms with E-state index in [2.05, 4.69) is 0 Å². The predicted molar refractivity (Wildman–Crippen MR) is 76.3 cm³/mol. The van der Waals surface area contributed by atoms with Crippen molar-refractivity contribution >= 4 is 22.1 Å². The molecule has 2 rings (SSSR count). The minimum absolute atomic E-state index is 0.0637. The SMILES string of the molecule is O=C(O)C(Cc1ccccc1)N1CC(CS(=O)(=O)F)CC1=O. The van der Waals surface area contributed by atoms with Gasteiger partial charge in [-0.3, -0.25) is 4.79 Å². The molecule has 0 aliphatic carbocycles. The number of carbonyl (C=O) groups excluding carboxylic acids is 1. The molecule has 1 saturated heterocycles. The lowest BCUT2D eigenvalue weighted by molar-refractivity contribution is -0.148. The van der Waals surface area contributed by atoms with Crippen LogP contribution in [0, 0.1) is 5.92 Å². The van der Waals surface area contributed by atoms with E-state index in [9.17, 15) is 27.0 Å². The predicted octanol–water partition coefficient (Wildman–Crippen LogP) is 0.830. The highest BCUT2D eigenvalue weighted by atomic mass is 32.3. The van der Waals surface area contributed by atoms with Crippen LogP contribution in [0.15, 0.2) is 30.3 Å². The van der Waals surface area contributed by atoms with Crippen LogP contribution in [-0.4, -0.2) is 48.6 Å². The molecule has 0 radical (unpaired) electrons. The van der Waals surface area contributed by atoms with Crippen LogP contribution >= 0.6 is 0 Å². The van der Waals surface area contributed by atoms with Crippen LogP contribution in [0.1, 0.15) is 12.0 Å². The first-order chi connectivity index (χ1) is 10.3. The molecule has 1 fully saturated rings. The van der Waals surface area contributed by atoms with Gasteiger partial charge in [-0.05, 0) is 5.56 Å². The first-order valence-electron chi connectivity index (χ1n) is 6.75. The van der Waals surface area contributed by atoms with Gasteiger partial charge >= 0.3 is 16.2 Å². The number of hydrogen-bond acceptors (Lipinski definition) is 4. The lowest BCUT2D eigenvalue weighted by atomic mass is 10.0. The molecule has 6 nitrogen and oxygen atoms in total. The van der Waals surface area contributed by atoms with Gasteiger partial charge in [-0.15, -0.1) is 3.89 Å². The second-order valence-corrected chi connectivity index (χ2v) is 6.78. The Hall–Kier alpha value is -1.96. The van der Waals surface area contributed by atoms with Crippen molar-refractivity contribution in [3.8, 4) is 0 Å². The number of carboxylic acids is 1. The molecule has 0 bridgehead atoms. The third kappa shape index (κ3) is 4.27. The number of hydrogen-bond donors (Lipinski definition) is 1. The Balaban J connectivity index is 2.12. The van der Waals surface area contributed by atoms with E-state index in [1.54, 1.807) is 30.3 Å². The largest absolute Gasteiger partial charge is 0.480 e. The Bertz CT molecular complexity index is 661. The van der Waals surface area contributed by atoms with Gasteiger partial charge in [0.2, 0.25) is 5.91 Å². The smallest absolute Gasteiger partial charge is 0.326 e. The van der Waals surface area contributed by atoms with E-state index in [-0.39, 0.29) is 19.4 Å². The number of likely N-dealkylation sites (tertiary alicyclic amines) is 1. The molecular weight excluding hydrogens is 313 g/mol. The van der Waals surface area contributed by atoms with Crippen LogP contribution in [0.2, 0.25) is 0 Å². The van der Waals surface area contributed by atoms with Crippen molar-refractivity contribution in [3.63, 3.8) is 0 Å². The summed E-state index contributed by atoms with van der Waals surface area (Å²) in [4.78, 5) is 24.5. The average molecular weight is 329 g/mol. The fourth-order valence-electron chi connectivity index (χ4n) is 2.67. The molecule has 22 heavy (non-hydrogen) atoms. The molecule has 1 N–H and O–H groups in total. The van der Waals surface area contributed by atoms with Crippen LogP contribution < -0.4 is 0 Å². The summed E-state index contributed by atoms with van der Waals surface area (Å²) in [6.45, 7) is -0.0637. The number of amides is 1. The Kier molecular flexibility index (Phi) is 4.80. The van der Waals surface area contributed by atoms with Gasteiger partial charge in [0, 0.05) is 25.3 Å². The number of rotatable bonds is 6. The summed E-state index contributed by atoms with van der Waals surface area (Å²) in [5.41, 5.74) is 0.754. The maximum atomic E-state index is 12.7. The van der Waals surface area contributed by atoms with Crippen molar-refractivity contribution in [2.45, 2.75) is 18.9 Å². The summed E-state index contributed by atoms with van der Waals surface area (Å²) in [5.74, 6) is -3.09. The first-order valence-corrected chi connectivity index (χ1v) is 8.30. The maximum absolute atomic E-state index is 12.7. The zero-order valence-electron chi connectivity index (χ0n) is 11.7. The molecule has 2 unspecified atom stereocenters. The molecule has 0 aromatic heterocycles. The molecule has 1 aliphatic heterocycles. The van der Waals surface area contributed by atoms with Crippen molar-refractivity contribution in [1.29, 1.82) is 0 Å². The number of carboxylic acid groups (broad SMARTS) is 1. The topological polar surface area (TPSA) is 91.8 Å². The number of benzene rings is 1. The third-order valence-corrected chi connectivity index (χ3v) is 4.48. The molecule has 1 aromatic rings. The Morgan fingerprint density at radius 1 is 1.36 bits per heavy atom. The summed E-state index contributed by atoms with van der Waals surface area (Å²) in [5, 5.41) is 9.35. The van der Waals surface area contributed by atoms with Gasteiger partial charge in [-0.1, -0.05) is 30.3 Å². The van der Waals surface area contributed by atoms with Gasteiger partial charge in [-0.25, -0.2) is 4.79 Å². The fraction of sp³-hybridized carbons (Fsp3) is 0.429. The van der Waals surface area contributed by atoms with Gasteiger partial charge in [0.15, 0.2) is 0 Å². The lowest BCUT2D eigenvalue weighted by Crippen LogP contribution is -2.43. The second-order valence-electron chi connectivity index (χ2n) is 5.37. The average Bonchev–Trinajstić information content (AvgIpc) is 2.75. The van der Waals surface area contributed by atoms with Crippen LogP contribution in [0.3, 0.4) is 0 Å². The molecule has 1 aromatic carbocycles. The molecule has 0 saturated carbocycles. The molecular formula is C14H16FNO5S. The van der Waals surface area contributed by atoms with Crippen molar-refractivity contribution < 1.29 is 27.0 Å². The van der Waals surface area contributed by atoms with Gasteiger partial charge < -0.3 is 10.0 Å². The highest BCUT2D eigenvalue weighted by molar-refractivity contribution is 7.86. The van der Waals surface area contributed by atoms with E-state index in [1.807, 2.05) is 0 Å².